The van der Waals surface area contributed by atoms with Gasteiger partial charge in [0.2, 0.25) is 11.4 Å². The second-order valence-electron chi connectivity index (χ2n) is 7.88. The number of nitrogens with one attached hydrogen (secondary N) is 1. The van der Waals surface area contributed by atoms with Crippen molar-refractivity contribution in [3.63, 3.8) is 0 Å². The van der Waals surface area contributed by atoms with Gasteiger partial charge < -0.3 is 4.74 Å². The average molecular weight is 402 g/mol. The Bertz CT molecular complexity index is 746. The van der Waals surface area contributed by atoms with Crippen LogP contribution in [-0.4, -0.2) is 30.7 Å². The lowest BCUT2D eigenvalue weighted by molar-refractivity contribution is -0.914. The van der Waals surface area contributed by atoms with Crippen molar-refractivity contribution in [2.45, 2.75) is 57.5 Å². The lowest BCUT2D eigenvalue weighted by Gasteiger charge is -2.29. The van der Waals surface area contributed by atoms with Crippen LogP contribution in [0.3, 0.4) is 0 Å². The molecule has 1 heterocycles. The molecular weight excluding hydrogens is 368 g/mol. The molecule has 152 valence electrons. The van der Waals surface area contributed by atoms with Gasteiger partial charge in [0.25, 0.3) is 0 Å². The Balaban J connectivity index is 1.59. The Morgan fingerprint density at radius 3 is 2.54 bits per heavy atom. The van der Waals surface area contributed by atoms with E-state index in [1.807, 2.05) is 19.2 Å². The van der Waals surface area contributed by atoms with Gasteiger partial charge in [-0.1, -0.05) is 42.3 Å². The Morgan fingerprint density at radius 2 is 1.86 bits per heavy atom. The zero-order chi connectivity index (χ0) is 19.9. The number of hydrogen-bond acceptors (Lipinski definition) is 4. The first kappa shape index (κ1) is 21.2. The summed E-state index contributed by atoms with van der Waals surface area (Å²) in [4.78, 5) is 0. The molecule has 0 radical (unpaired) electrons. The van der Waals surface area contributed by atoms with E-state index in [-0.39, 0.29) is 5.92 Å². The SMILES string of the molecule is CSNCC(COC1CCC(c2ccccc2)CC1)c1cc(C)cc(C)[n+]1O. The average Bonchev–Trinajstić information content (AvgIpc) is 2.72. The molecule has 1 aliphatic rings. The van der Waals surface area contributed by atoms with E-state index in [1.54, 1.807) is 11.9 Å². The number of aryl methyl sites for hydroxylation is 2. The summed E-state index contributed by atoms with van der Waals surface area (Å²) in [7, 11) is 0. The molecule has 0 saturated heterocycles. The van der Waals surface area contributed by atoms with Gasteiger partial charge in [0.1, 0.15) is 0 Å². The van der Waals surface area contributed by atoms with Gasteiger partial charge in [-0.05, 0) is 55.9 Å². The van der Waals surface area contributed by atoms with Gasteiger partial charge in [-0.25, -0.2) is 0 Å². The van der Waals surface area contributed by atoms with Crippen LogP contribution in [0.4, 0.5) is 0 Å². The van der Waals surface area contributed by atoms with Crippen LogP contribution in [0.25, 0.3) is 0 Å². The van der Waals surface area contributed by atoms with Crippen molar-refractivity contribution >= 4 is 11.9 Å². The molecule has 1 aliphatic carbocycles. The van der Waals surface area contributed by atoms with Crippen LogP contribution in [-0.2, 0) is 4.74 Å². The fourth-order valence-electron chi connectivity index (χ4n) is 4.19. The van der Waals surface area contributed by atoms with Gasteiger partial charge in [0.05, 0.1) is 18.6 Å². The molecule has 0 amide bonds. The number of aromatic nitrogens is 1. The van der Waals surface area contributed by atoms with Crippen molar-refractivity contribution in [2.24, 2.45) is 0 Å². The molecule has 0 spiro atoms. The standard InChI is InChI=1S/C23H33N2O2S/c1-17-13-18(2)25(26)23(14-17)21(15-24-28-3)16-27-22-11-9-20(10-12-22)19-7-5-4-6-8-19/h4-8,13-14,20-22,24,26H,9-12,15-16H2,1-3H3/q+1. The summed E-state index contributed by atoms with van der Waals surface area (Å²) in [5.41, 5.74) is 4.39. The largest absolute Gasteiger partial charge is 0.377 e. The number of nitrogens with zero attached hydrogens (tertiary/aromatic N) is 1. The van der Waals surface area contributed by atoms with Crippen molar-refractivity contribution in [2.75, 3.05) is 19.4 Å². The zero-order valence-electron chi connectivity index (χ0n) is 17.2. The third-order valence-electron chi connectivity index (χ3n) is 5.76. The molecule has 28 heavy (non-hydrogen) atoms. The first-order valence-electron chi connectivity index (χ1n) is 10.2. The molecule has 2 N–H and O–H groups in total. The van der Waals surface area contributed by atoms with Gasteiger partial charge >= 0.3 is 0 Å². The Morgan fingerprint density at radius 1 is 1.14 bits per heavy atom. The van der Waals surface area contributed by atoms with Gasteiger partial charge in [0.15, 0.2) is 0 Å². The van der Waals surface area contributed by atoms with Crippen LogP contribution in [0.15, 0.2) is 42.5 Å². The summed E-state index contributed by atoms with van der Waals surface area (Å²) in [6.45, 7) is 5.39. The molecule has 5 heteroatoms. The highest BCUT2D eigenvalue weighted by Gasteiger charge is 2.28. The van der Waals surface area contributed by atoms with E-state index >= 15 is 0 Å². The van der Waals surface area contributed by atoms with Gasteiger partial charge in [-0.15, -0.1) is 0 Å². The molecule has 0 bridgehead atoms. The molecule has 1 aromatic heterocycles. The number of hydrogen-bond donors (Lipinski definition) is 2. The molecule has 1 aromatic carbocycles. The minimum absolute atomic E-state index is 0.114. The van der Waals surface area contributed by atoms with E-state index < -0.39 is 0 Å². The molecular formula is C23H33N2O2S+. The number of ether oxygens (including phenoxy) is 1. The lowest BCUT2D eigenvalue weighted by atomic mass is 9.83. The third kappa shape index (κ3) is 5.49. The van der Waals surface area contributed by atoms with E-state index in [0.717, 1.165) is 36.3 Å². The van der Waals surface area contributed by atoms with Gasteiger partial charge in [-0.3, -0.25) is 9.93 Å². The third-order valence-corrected chi connectivity index (χ3v) is 6.22. The van der Waals surface area contributed by atoms with Gasteiger partial charge in [-0.2, -0.15) is 0 Å². The molecule has 1 fully saturated rings. The summed E-state index contributed by atoms with van der Waals surface area (Å²) in [5, 5.41) is 10.5. The topological polar surface area (TPSA) is 45.4 Å². The highest BCUT2D eigenvalue weighted by Crippen LogP contribution is 2.34. The van der Waals surface area contributed by atoms with Crippen LogP contribution in [0.2, 0.25) is 0 Å². The predicted molar refractivity (Wildman–Crippen MR) is 115 cm³/mol. The van der Waals surface area contributed by atoms with E-state index in [1.165, 1.54) is 23.1 Å². The van der Waals surface area contributed by atoms with Crippen LogP contribution in [0.5, 0.6) is 0 Å². The summed E-state index contributed by atoms with van der Waals surface area (Å²) < 4.78 is 11.0. The van der Waals surface area contributed by atoms with Crippen molar-refractivity contribution < 1.29 is 14.7 Å². The van der Waals surface area contributed by atoms with Crippen molar-refractivity contribution in [1.29, 1.82) is 0 Å². The number of rotatable bonds is 8. The van der Waals surface area contributed by atoms with E-state index in [2.05, 4.69) is 48.0 Å². The Kier molecular flexibility index (Phi) is 7.77. The first-order chi connectivity index (χ1) is 13.6. The van der Waals surface area contributed by atoms with Crippen molar-refractivity contribution in [3.05, 3.63) is 65.0 Å². The van der Waals surface area contributed by atoms with Crippen LogP contribution in [0.1, 0.15) is 60.0 Å². The Labute approximate surface area is 173 Å². The predicted octanol–water partition coefficient (Wildman–Crippen LogP) is 4.52. The lowest BCUT2D eigenvalue weighted by Crippen LogP contribution is -2.42. The van der Waals surface area contributed by atoms with Gasteiger partial charge in [0, 0.05) is 30.3 Å². The van der Waals surface area contributed by atoms with Crippen LogP contribution in [0, 0.1) is 13.8 Å². The smallest absolute Gasteiger partial charge is 0.241 e. The van der Waals surface area contributed by atoms with E-state index in [0.29, 0.717) is 18.6 Å². The van der Waals surface area contributed by atoms with Crippen LogP contribution >= 0.6 is 11.9 Å². The summed E-state index contributed by atoms with van der Waals surface area (Å²) in [6.07, 6.45) is 6.92. The van der Waals surface area contributed by atoms with Crippen molar-refractivity contribution in [1.82, 2.24) is 4.72 Å². The van der Waals surface area contributed by atoms with Crippen molar-refractivity contribution in [3.8, 4) is 0 Å². The highest BCUT2D eigenvalue weighted by atomic mass is 32.2. The molecule has 1 unspecified atom stereocenters. The summed E-state index contributed by atoms with van der Waals surface area (Å²) in [6, 6.07) is 14.9. The molecule has 3 rings (SSSR count). The first-order valence-corrected chi connectivity index (χ1v) is 11.5. The molecule has 1 saturated carbocycles. The fraction of sp³-hybridized carbons (Fsp3) is 0.522. The normalized spacial score (nSPS) is 20.8. The second kappa shape index (κ2) is 10.3. The summed E-state index contributed by atoms with van der Waals surface area (Å²) >= 11 is 1.60. The second-order valence-corrected chi connectivity index (χ2v) is 8.57. The maximum absolute atomic E-state index is 10.5. The maximum atomic E-state index is 10.5. The molecule has 2 aromatic rings. The summed E-state index contributed by atoms with van der Waals surface area (Å²) in [5.74, 6) is 0.775. The van der Waals surface area contributed by atoms with E-state index in [4.69, 9.17) is 4.74 Å². The fourth-order valence-corrected chi connectivity index (χ4v) is 4.56. The molecule has 4 nitrogen and oxygen atoms in total. The zero-order valence-corrected chi connectivity index (χ0v) is 18.0. The monoisotopic (exact) mass is 401 g/mol. The van der Waals surface area contributed by atoms with E-state index in [9.17, 15) is 5.21 Å². The Hall–Kier alpha value is -1.56. The number of benzene rings is 1. The minimum atomic E-state index is 0.114. The minimum Gasteiger partial charge on any atom is -0.377 e. The highest BCUT2D eigenvalue weighted by molar-refractivity contribution is 7.96. The maximum Gasteiger partial charge on any atom is 0.241 e. The molecule has 1 atom stereocenters. The number of pyridine rings is 1. The van der Waals surface area contributed by atoms with Crippen LogP contribution < -0.4 is 9.45 Å². The molecule has 0 aliphatic heterocycles. The quantitative estimate of drug-likeness (QED) is 0.388.